The molecule has 2 aromatic carbocycles. The normalized spacial score (nSPS) is 24.2. The van der Waals surface area contributed by atoms with Gasteiger partial charge in [0.2, 0.25) is 0 Å². The van der Waals surface area contributed by atoms with Crippen molar-refractivity contribution in [1.82, 2.24) is 0 Å². The lowest BCUT2D eigenvalue weighted by Crippen LogP contribution is -2.29. The predicted molar refractivity (Wildman–Crippen MR) is 95.6 cm³/mol. The summed E-state index contributed by atoms with van der Waals surface area (Å²) in [5, 5.41) is 15.5. The number of aryl methyl sites for hydroxylation is 1. The molecule has 0 fully saturated rings. The van der Waals surface area contributed by atoms with Crippen LogP contribution < -0.4 is 5.32 Å². The fourth-order valence-corrected chi connectivity index (χ4v) is 4.25. The van der Waals surface area contributed by atoms with Crippen molar-refractivity contribution >= 4 is 23.0 Å². The van der Waals surface area contributed by atoms with Crippen LogP contribution in [-0.4, -0.2) is 4.92 Å². The van der Waals surface area contributed by atoms with Gasteiger partial charge in [-0.1, -0.05) is 42.0 Å². The van der Waals surface area contributed by atoms with E-state index in [4.69, 9.17) is 11.6 Å². The van der Waals surface area contributed by atoms with Gasteiger partial charge < -0.3 is 5.32 Å². The van der Waals surface area contributed by atoms with Crippen molar-refractivity contribution in [3.63, 3.8) is 0 Å². The van der Waals surface area contributed by atoms with E-state index >= 15 is 0 Å². The zero-order chi connectivity index (χ0) is 16.8. The number of halogens is 1. The number of fused-ring (bicyclic) bond motifs is 3. The second-order valence-electron chi connectivity index (χ2n) is 6.48. The van der Waals surface area contributed by atoms with Crippen molar-refractivity contribution in [2.24, 2.45) is 5.92 Å². The van der Waals surface area contributed by atoms with E-state index < -0.39 is 0 Å². The Bertz CT molecular complexity index is 862. The first kappa shape index (κ1) is 15.2. The van der Waals surface area contributed by atoms with Gasteiger partial charge in [0.05, 0.1) is 11.0 Å². The van der Waals surface area contributed by atoms with Crippen LogP contribution in [0.4, 0.5) is 11.4 Å². The predicted octanol–water partition coefficient (Wildman–Crippen LogP) is 5.38. The number of nitro benzene ring substituents is 1. The molecule has 4 nitrogen and oxygen atoms in total. The van der Waals surface area contributed by atoms with Crippen molar-refractivity contribution in [2.75, 3.05) is 5.32 Å². The summed E-state index contributed by atoms with van der Waals surface area (Å²) in [6.07, 6.45) is 5.35. The van der Waals surface area contributed by atoms with Crippen LogP contribution in [0.1, 0.15) is 35.1 Å². The zero-order valence-electron chi connectivity index (χ0n) is 13.2. The molecule has 4 rings (SSSR count). The summed E-state index contributed by atoms with van der Waals surface area (Å²) < 4.78 is 0. The highest BCUT2D eigenvalue weighted by Gasteiger charge is 2.39. The number of nitro groups is 1. The molecule has 0 amide bonds. The number of hydrogen-bond acceptors (Lipinski definition) is 3. The zero-order valence-corrected chi connectivity index (χ0v) is 14.0. The van der Waals surface area contributed by atoms with Crippen LogP contribution in [0, 0.1) is 23.0 Å². The Kier molecular flexibility index (Phi) is 3.57. The van der Waals surface area contributed by atoms with E-state index in [-0.39, 0.29) is 22.6 Å². The van der Waals surface area contributed by atoms with Gasteiger partial charge in [-0.25, -0.2) is 0 Å². The molecule has 122 valence electrons. The van der Waals surface area contributed by atoms with Gasteiger partial charge in [-0.05, 0) is 36.5 Å². The Morgan fingerprint density at radius 3 is 2.92 bits per heavy atom. The van der Waals surface area contributed by atoms with Gasteiger partial charge in [0, 0.05) is 34.3 Å². The molecule has 0 bridgehead atoms. The molecule has 0 radical (unpaired) electrons. The van der Waals surface area contributed by atoms with Gasteiger partial charge in [-0.15, -0.1) is 0 Å². The number of nitrogens with one attached hydrogen (secondary N) is 1. The smallest absolute Gasteiger partial charge is 0.269 e. The molecular weight excluding hydrogens is 324 g/mol. The van der Waals surface area contributed by atoms with Gasteiger partial charge >= 0.3 is 0 Å². The number of anilines is 1. The summed E-state index contributed by atoms with van der Waals surface area (Å²) in [5.41, 5.74) is 4.44. The lowest BCUT2D eigenvalue weighted by atomic mass is 9.76. The number of nitrogens with zero attached hydrogens (tertiary/aromatic N) is 1. The summed E-state index contributed by atoms with van der Waals surface area (Å²) in [7, 11) is 0. The van der Waals surface area contributed by atoms with Crippen LogP contribution in [0.3, 0.4) is 0 Å². The fourth-order valence-electron chi connectivity index (χ4n) is 3.97. The van der Waals surface area contributed by atoms with E-state index in [0.29, 0.717) is 5.92 Å². The van der Waals surface area contributed by atoms with E-state index in [9.17, 15) is 10.1 Å². The Balaban J connectivity index is 1.83. The molecule has 1 aliphatic heterocycles. The molecule has 0 saturated carbocycles. The molecular formula is C19H17ClN2O2. The number of hydrogen-bond donors (Lipinski definition) is 1. The molecule has 2 aliphatic rings. The van der Waals surface area contributed by atoms with Crippen LogP contribution >= 0.6 is 11.6 Å². The Labute approximate surface area is 145 Å². The maximum absolute atomic E-state index is 11.1. The Morgan fingerprint density at radius 2 is 2.12 bits per heavy atom. The molecule has 0 saturated heterocycles. The molecule has 5 heteroatoms. The fraction of sp³-hybridized carbons (Fsp3) is 0.263. The van der Waals surface area contributed by atoms with E-state index in [2.05, 4.69) is 24.4 Å². The maximum Gasteiger partial charge on any atom is 0.269 e. The topological polar surface area (TPSA) is 55.2 Å². The van der Waals surface area contributed by atoms with Gasteiger partial charge in [0.25, 0.3) is 5.69 Å². The summed E-state index contributed by atoms with van der Waals surface area (Å²) in [5.74, 6) is 0.566. The van der Waals surface area contributed by atoms with E-state index in [1.165, 1.54) is 6.07 Å². The van der Waals surface area contributed by atoms with E-state index in [0.717, 1.165) is 33.8 Å². The van der Waals surface area contributed by atoms with Gasteiger partial charge in [0.15, 0.2) is 0 Å². The minimum absolute atomic E-state index is 0.0366. The van der Waals surface area contributed by atoms with Crippen LogP contribution in [-0.2, 0) is 0 Å². The van der Waals surface area contributed by atoms with Gasteiger partial charge in [-0.3, -0.25) is 10.1 Å². The average molecular weight is 341 g/mol. The molecule has 1 N–H and O–H groups in total. The van der Waals surface area contributed by atoms with Crippen molar-refractivity contribution in [2.45, 2.75) is 25.3 Å². The summed E-state index contributed by atoms with van der Waals surface area (Å²) >= 11 is 6.48. The third-order valence-corrected chi connectivity index (χ3v) is 5.44. The summed E-state index contributed by atoms with van der Waals surface area (Å²) in [6, 6.07) is 10.9. The standard InChI is InChI=1S/C19H17ClN2O2/c1-11-8-9-16(20)17-14-6-3-7-15(14)19(21-18(11)17)12-4-2-5-13(10-12)22(23)24/h2-6,8-10,14-15,19,21H,7H2,1H3. The largest absolute Gasteiger partial charge is 0.377 e. The van der Waals surface area contributed by atoms with Crippen LogP contribution in [0.5, 0.6) is 0 Å². The highest BCUT2D eigenvalue weighted by molar-refractivity contribution is 6.32. The number of rotatable bonds is 2. The molecule has 3 unspecified atom stereocenters. The first-order valence-electron chi connectivity index (χ1n) is 8.03. The second kappa shape index (κ2) is 5.64. The van der Waals surface area contributed by atoms with E-state index in [1.807, 2.05) is 18.2 Å². The Hall–Kier alpha value is -2.33. The van der Waals surface area contributed by atoms with Crippen molar-refractivity contribution in [3.05, 3.63) is 80.4 Å². The minimum Gasteiger partial charge on any atom is -0.377 e. The highest BCUT2D eigenvalue weighted by atomic mass is 35.5. The summed E-state index contributed by atoms with van der Waals surface area (Å²) in [6.45, 7) is 2.06. The first-order chi connectivity index (χ1) is 11.6. The quantitative estimate of drug-likeness (QED) is 0.453. The molecule has 1 heterocycles. The molecule has 1 aliphatic carbocycles. The Morgan fingerprint density at radius 1 is 1.29 bits per heavy atom. The van der Waals surface area contributed by atoms with Crippen LogP contribution in [0.15, 0.2) is 48.6 Å². The van der Waals surface area contributed by atoms with Crippen molar-refractivity contribution < 1.29 is 4.92 Å². The van der Waals surface area contributed by atoms with Crippen molar-refractivity contribution in [1.29, 1.82) is 0 Å². The summed E-state index contributed by atoms with van der Waals surface area (Å²) in [4.78, 5) is 10.8. The van der Waals surface area contributed by atoms with Gasteiger partial charge in [-0.2, -0.15) is 0 Å². The van der Waals surface area contributed by atoms with Crippen molar-refractivity contribution in [3.8, 4) is 0 Å². The van der Waals surface area contributed by atoms with Gasteiger partial charge in [0.1, 0.15) is 0 Å². The van der Waals surface area contributed by atoms with Crippen LogP contribution in [0.2, 0.25) is 5.02 Å². The monoisotopic (exact) mass is 340 g/mol. The SMILES string of the molecule is Cc1ccc(Cl)c2c1NC(c1cccc([N+](=O)[O-])c1)C1CC=CC21. The first-order valence-corrected chi connectivity index (χ1v) is 8.40. The second-order valence-corrected chi connectivity index (χ2v) is 6.89. The number of benzene rings is 2. The maximum atomic E-state index is 11.1. The van der Waals surface area contributed by atoms with E-state index in [1.54, 1.807) is 12.1 Å². The number of non-ortho nitro benzene ring substituents is 1. The number of allylic oxidation sites excluding steroid dienone is 2. The van der Waals surface area contributed by atoms with Crippen LogP contribution in [0.25, 0.3) is 0 Å². The minimum atomic E-state index is -0.341. The highest BCUT2D eigenvalue weighted by Crippen LogP contribution is 2.52. The lowest BCUT2D eigenvalue weighted by Gasteiger charge is -2.38. The third-order valence-electron chi connectivity index (χ3n) is 5.12. The third kappa shape index (κ3) is 2.29. The average Bonchev–Trinajstić information content (AvgIpc) is 3.06. The lowest BCUT2D eigenvalue weighted by molar-refractivity contribution is -0.384. The molecule has 2 aromatic rings. The molecule has 0 spiro atoms. The molecule has 24 heavy (non-hydrogen) atoms. The molecule has 0 aromatic heterocycles. The molecule has 3 atom stereocenters.